The number of rotatable bonds is 5. The summed E-state index contributed by atoms with van der Waals surface area (Å²) in [4.78, 5) is 12.2. The molecule has 1 heterocycles. The van der Waals surface area contributed by atoms with Gasteiger partial charge in [-0.15, -0.1) is 10.2 Å². The predicted octanol–water partition coefficient (Wildman–Crippen LogP) is 3.56. The minimum atomic E-state index is -0.390. The number of phenols is 1. The van der Waals surface area contributed by atoms with Gasteiger partial charge in [-0.25, -0.2) is 0 Å². The van der Waals surface area contributed by atoms with E-state index in [-0.39, 0.29) is 11.7 Å². The molecule has 0 aliphatic heterocycles. The number of anilines is 1. The van der Waals surface area contributed by atoms with Crippen LogP contribution in [0.2, 0.25) is 0 Å². The first kappa shape index (κ1) is 16.1. The molecular formula is C17H15N3O3S. The van der Waals surface area contributed by atoms with Crippen molar-refractivity contribution in [2.75, 3.05) is 5.32 Å². The summed E-state index contributed by atoms with van der Waals surface area (Å²) in [5, 5.41) is 20.0. The number of amides is 1. The Morgan fingerprint density at radius 1 is 1.12 bits per heavy atom. The van der Waals surface area contributed by atoms with E-state index < -0.39 is 5.25 Å². The second kappa shape index (κ2) is 7.18. The summed E-state index contributed by atoms with van der Waals surface area (Å²) in [6.07, 6.45) is 0. The van der Waals surface area contributed by atoms with Crippen LogP contribution >= 0.6 is 11.8 Å². The Bertz CT molecular complexity index is 819. The first-order chi connectivity index (χ1) is 11.6. The zero-order chi connectivity index (χ0) is 16.9. The molecule has 0 bridgehead atoms. The molecule has 0 aliphatic carbocycles. The van der Waals surface area contributed by atoms with Crippen LogP contribution in [0.1, 0.15) is 6.92 Å². The van der Waals surface area contributed by atoms with E-state index in [4.69, 9.17) is 4.42 Å². The molecule has 1 aromatic heterocycles. The molecule has 1 unspecified atom stereocenters. The molecule has 24 heavy (non-hydrogen) atoms. The maximum atomic E-state index is 12.2. The quantitative estimate of drug-likeness (QED) is 0.690. The molecule has 0 spiro atoms. The van der Waals surface area contributed by atoms with Crippen LogP contribution in [0.4, 0.5) is 5.69 Å². The average Bonchev–Trinajstić information content (AvgIpc) is 3.05. The summed E-state index contributed by atoms with van der Waals surface area (Å²) in [5.74, 6) is 0.364. The van der Waals surface area contributed by atoms with Gasteiger partial charge in [-0.2, -0.15) is 0 Å². The highest BCUT2D eigenvalue weighted by molar-refractivity contribution is 8.00. The van der Waals surface area contributed by atoms with E-state index >= 15 is 0 Å². The minimum Gasteiger partial charge on any atom is -0.508 e. The number of hydrogen-bond donors (Lipinski definition) is 2. The summed E-state index contributed by atoms with van der Waals surface area (Å²) in [5.41, 5.74) is 1.44. The normalized spacial score (nSPS) is 11.9. The fraction of sp³-hybridized carbons (Fsp3) is 0.118. The lowest BCUT2D eigenvalue weighted by molar-refractivity contribution is -0.115. The number of phenolic OH excluding ortho intramolecular Hbond substituents is 1. The molecular weight excluding hydrogens is 326 g/mol. The molecule has 2 aromatic carbocycles. The van der Waals surface area contributed by atoms with Crippen LogP contribution in [-0.4, -0.2) is 26.5 Å². The highest BCUT2D eigenvalue weighted by Gasteiger charge is 2.18. The molecule has 7 heteroatoms. The van der Waals surface area contributed by atoms with Crippen molar-refractivity contribution < 1.29 is 14.3 Å². The molecule has 3 rings (SSSR count). The van der Waals surface area contributed by atoms with Crippen LogP contribution < -0.4 is 5.32 Å². The summed E-state index contributed by atoms with van der Waals surface area (Å²) < 4.78 is 5.56. The summed E-state index contributed by atoms with van der Waals surface area (Å²) >= 11 is 1.19. The van der Waals surface area contributed by atoms with Crippen molar-refractivity contribution in [1.82, 2.24) is 10.2 Å². The van der Waals surface area contributed by atoms with E-state index in [2.05, 4.69) is 15.5 Å². The Kier molecular flexibility index (Phi) is 4.81. The smallest absolute Gasteiger partial charge is 0.277 e. The van der Waals surface area contributed by atoms with E-state index in [0.29, 0.717) is 16.7 Å². The van der Waals surface area contributed by atoms with Crippen molar-refractivity contribution in [3.63, 3.8) is 0 Å². The van der Waals surface area contributed by atoms with Gasteiger partial charge < -0.3 is 14.8 Å². The van der Waals surface area contributed by atoms with Gasteiger partial charge in [0.15, 0.2) is 0 Å². The fourth-order valence-electron chi connectivity index (χ4n) is 1.95. The molecule has 0 fully saturated rings. The van der Waals surface area contributed by atoms with Gasteiger partial charge in [0.05, 0.1) is 5.25 Å². The summed E-state index contributed by atoms with van der Waals surface area (Å²) in [6.45, 7) is 1.77. The Hall–Kier alpha value is -2.80. The van der Waals surface area contributed by atoms with Crippen molar-refractivity contribution in [1.29, 1.82) is 0 Å². The van der Waals surface area contributed by atoms with Gasteiger partial charge in [-0.3, -0.25) is 4.79 Å². The molecule has 122 valence electrons. The number of carbonyl (C=O) groups excluding carboxylic acids is 1. The van der Waals surface area contributed by atoms with Gasteiger partial charge in [-0.05, 0) is 43.3 Å². The molecule has 2 N–H and O–H groups in total. The lowest BCUT2D eigenvalue weighted by Crippen LogP contribution is -2.22. The molecule has 1 amide bonds. The maximum absolute atomic E-state index is 12.2. The van der Waals surface area contributed by atoms with E-state index in [9.17, 15) is 9.90 Å². The number of aromatic nitrogens is 2. The number of nitrogens with zero attached hydrogens (tertiary/aromatic N) is 2. The first-order valence-corrected chi connectivity index (χ1v) is 8.15. The molecule has 1 atom stereocenters. The lowest BCUT2D eigenvalue weighted by Gasteiger charge is -2.09. The van der Waals surface area contributed by atoms with E-state index in [1.165, 1.54) is 11.8 Å². The summed E-state index contributed by atoms with van der Waals surface area (Å²) in [7, 11) is 0. The van der Waals surface area contributed by atoms with E-state index in [1.54, 1.807) is 31.2 Å². The Morgan fingerprint density at radius 3 is 2.54 bits per heavy atom. The maximum Gasteiger partial charge on any atom is 0.277 e. The zero-order valence-corrected chi connectivity index (χ0v) is 13.7. The largest absolute Gasteiger partial charge is 0.508 e. The zero-order valence-electron chi connectivity index (χ0n) is 12.8. The molecule has 0 saturated carbocycles. The molecule has 0 saturated heterocycles. The van der Waals surface area contributed by atoms with E-state index in [0.717, 1.165) is 5.69 Å². The van der Waals surface area contributed by atoms with Crippen molar-refractivity contribution in [3.8, 4) is 17.2 Å². The SMILES string of the molecule is CC(Sc1nnc(-c2ccc(O)cc2)o1)C(=O)Nc1ccccc1. The Balaban J connectivity index is 1.63. The van der Waals surface area contributed by atoms with Crippen LogP contribution in [0.3, 0.4) is 0 Å². The number of aromatic hydroxyl groups is 1. The summed E-state index contributed by atoms with van der Waals surface area (Å²) in [6, 6.07) is 15.7. The number of carbonyl (C=O) groups is 1. The van der Waals surface area contributed by atoms with Crippen LogP contribution in [0.5, 0.6) is 5.75 Å². The standard InChI is InChI=1S/C17H15N3O3S/c1-11(15(22)18-13-5-3-2-4-6-13)24-17-20-19-16(23-17)12-7-9-14(21)10-8-12/h2-11,21H,1H3,(H,18,22). The highest BCUT2D eigenvalue weighted by atomic mass is 32.2. The highest BCUT2D eigenvalue weighted by Crippen LogP contribution is 2.27. The average molecular weight is 341 g/mol. The predicted molar refractivity (Wildman–Crippen MR) is 91.8 cm³/mol. The number of para-hydroxylation sites is 1. The van der Waals surface area contributed by atoms with Gasteiger partial charge in [0, 0.05) is 11.3 Å². The van der Waals surface area contributed by atoms with Crippen LogP contribution in [0.25, 0.3) is 11.5 Å². The Labute approximate surface area is 142 Å². The monoisotopic (exact) mass is 341 g/mol. The number of benzene rings is 2. The third kappa shape index (κ3) is 3.94. The van der Waals surface area contributed by atoms with Crippen molar-refractivity contribution in [3.05, 3.63) is 54.6 Å². The van der Waals surface area contributed by atoms with Crippen molar-refractivity contribution >= 4 is 23.4 Å². The van der Waals surface area contributed by atoms with Gasteiger partial charge >= 0.3 is 0 Å². The topological polar surface area (TPSA) is 88.2 Å². The minimum absolute atomic E-state index is 0.143. The molecule has 0 radical (unpaired) electrons. The third-order valence-electron chi connectivity index (χ3n) is 3.21. The van der Waals surface area contributed by atoms with Gasteiger partial charge in [0.1, 0.15) is 5.75 Å². The van der Waals surface area contributed by atoms with E-state index in [1.807, 2.05) is 30.3 Å². The molecule has 3 aromatic rings. The van der Waals surface area contributed by atoms with Crippen LogP contribution in [-0.2, 0) is 4.79 Å². The second-order valence-corrected chi connectivity index (χ2v) is 6.33. The lowest BCUT2D eigenvalue weighted by atomic mass is 10.2. The first-order valence-electron chi connectivity index (χ1n) is 7.27. The van der Waals surface area contributed by atoms with Gasteiger partial charge in [-0.1, -0.05) is 30.0 Å². The van der Waals surface area contributed by atoms with Gasteiger partial charge in [0.2, 0.25) is 11.8 Å². The Morgan fingerprint density at radius 2 is 1.83 bits per heavy atom. The van der Waals surface area contributed by atoms with Crippen molar-refractivity contribution in [2.24, 2.45) is 0 Å². The number of nitrogens with one attached hydrogen (secondary N) is 1. The fourth-order valence-corrected chi connectivity index (χ4v) is 2.63. The molecule has 6 nitrogen and oxygen atoms in total. The molecule has 0 aliphatic rings. The van der Waals surface area contributed by atoms with Crippen LogP contribution in [0, 0.1) is 0 Å². The van der Waals surface area contributed by atoms with Crippen LogP contribution in [0.15, 0.2) is 64.2 Å². The number of thioether (sulfide) groups is 1. The van der Waals surface area contributed by atoms with Gasteiger partial charge in [0.25, 0.3) is 5.22 Å². The second-order valence-electron chi connectivity index (χ2n) is 5.04. The van der Waals surface area contributed by atoms with Crippen molar-refractivity contribution in [2.45, 2.75) is 17.4 Å². The number of hydrogen-bond acceptors (Lipinski definition) is 6. The third-order valence-corrected chi connectivity index (χ3v) is 4.14.